The number of ether oxygens (including phenoxy) is 5. The SMILES string of the molecule is CN(C)c1ccc([Se][C@@H]2O[C@H](COC(=O)c3ccccc3)[C@@H](OC(=O)c3ccccc3)[C@H](OC(=O)c3ccccc3)[C@H]2OC(=O)c2ccccc2)cc1. The summed E-state index contributed by atoms with van der Waals surface area (Å²) in [5.74, 6) is -2.79. The van der Waals surface area contributed by atoms with Crippen molar-refractivity contribution in [2.45, 2.75) is 29.4 Å². The van der Waals surface area contributed by atoms with Crippen molar-refractivity contribution in [1.82, 2.24) is 0 Å². The Morgan fingerprint density at radius 1 is 0.528 bits per heavy atom. The molecular weight excluding hydrogens is 741 g/mol. The van der Waals surface area contributed by atoms with E-state index < -0.39 is 68.3 Å². The third-order valence-electron chi connectivity index (χ3n) is 8.34. The van der Waals surface area contributed by atoms with Crippen molar-refractivity contribution in [3.8, 4) is 0 Å². The average Bonchev–Trinajstić information content (AvgIpc) is 3.20. The monoisotopic (exact) mass is 779 g/mol. The van der Waals surface area contributed by atoms with Gasteiger partial charge in [-0.15, -0.1) is 0 Å². The number of benzene rings is 5. The van der Waals surface area contributed by atoms with Crippen molar-refractivity contribution in [3.63, 3.8) is 0 Å². The molecule has 0 aromatic heterocycles. The summed E-state index contributed by atoms with van der Waals surface area (Å²) in [6.07, 6.45) is -5.15. The van der Waals surface area contributed by atoms with Gasteiger partial charge in [-0.2, -0.15) is 0 Å². The maximum atomic E-state index is 13.8. The predicted octanol–water partition coefficient (Wildman–Crippen LogP) is 5.34. The normalized spacial score (nSPS) is 19.3. The molecule has 5 aromatic carbocycles. The summed E-state index contributed by atoms with van der Waals surface area (Å²) in [6, 6.07) is 41.3. The van der Waals surface area contributed by atoms with Gasteiger partial charge in [-0.3, -0.25) is 0 Å². The third-order valence-corrected chi connectivity index (χ3v) is 10.8. The number of carbonyl (C=O) groups excluding carboxylic acids is 4. The fourth-order valence-electron chi connectivity index (χ4n) is 5.58. The fourth-order valence-corrected chi connectivity index (χ4v) is 7.90. The van der Waals surface area contributed by atoms with Crippen LogP contribution in [0.4, 0.5) is 5.69 Å². The number of esters is 4. The topological polar surface area (TPSA) is 118 Å². The number of hydrogen-bond acceptors (Lipinski definition) is 10. The zero-order valence-corrected chi connectivity index (χ0v) is 30.7. The first-order valence-corrected chi connectivity index (χ1v) is 18.7. The van der Waals surface area contributed by atoms with E-state index in [0.717, 1.165) is 10.1 Å². The van der Waals surface area contributed by atoms with Crippen molar-refractivity contribution in [2.75, 3.05) is 25.6 Å². The second kappa shape index (κ2) is 17.7. The van der Waals surface area contributed by atoms with Gasteiger partial charge in [0.05, 0.1) is 0 Å². The quantitative estimate of drug-likeness (QED) is 0.0934. The molecule has 1 heterocycles. The molecule has 0 aliphatic carbocycles. The van der Waals surface area contributed by atoms with Crippen molar-refractivity contribution >= 4 is 49.0 Å². The minimum atomic E-state index is -1.38. The van der Waals surface area contributed by atoms with E-state index in [2.05, 4.69) is 0 Å². The van der Waals surface area contributed by atoms with Crippen LogP contribution in [0, 0.1) is 0 Å². The van der Waals surface area contributed by atoms with Crippen LogP contribution in [0.15, 0.2) is 146 Å². The van der Waals surface area contributed by atoms with Crippen LogP contribution in [-0.4, -0.2) is 89.0 Å². The van der Waals surface area contributed by atoms with Gasteiger partial charge in [-0.1, -0.05) is 0 Å². The third kappa shape index (κ3) is 9.58. The molecule has 0 unspecified atom stereocenters. The van der Waals surface area contributed by atoms with Gasteiger partial charge in [-0.25, -0.2) is 0 Å². The van der Waals surface area contributed by atoms with E-state index in [-0.39, 0.29) is 23.3 Å². The van der Waals surface area contributed by atoms with E-state index in [1.165, 1.54) is 0 Å². The molecule has 5 atom stereocenters. The molecule has 0 N–H and O–H groups in total. The molecule has 10 nitrogen and oxygen atoms in total. The Kier molecular flexibility index (Phi) is 12.3. The van der Waals surface area contributed by atoms with Gasteiger partial charge in [-0.05, 0) is 0 Å². The van der Waals surface area contributed by atoms with Gasteiger partial charge in [0.25, 0.3) is 0 Å². The van der Waals surface area contributed by atoms with Crippen LogP contribution in [0.5, 0.6) is 0 Å². The molecule has 1 saturated heterocycles. The number of hydrogen-bond donors (Lipinski definition) is 0. The van der Waals surface area contributed by atoms with Crippen LogP contribution in [0.2, 0.25) is 0 Å². The van der Waals surface area contributed by atoms with Gasteiger partial charge >= 0.3 is 315 Å². The molecule has 0 amide bonds. The van der Waals surface area contributed by atoms with E-state index in [4.69, 9.17) is 23.7 Å². The van der Waals surface area contributed by atoms with Gasteiger partial charge in [0.15, 0.2) is 0 Å². The summed E-state index contributed by atoms with van der Waals surface area (Å²) in [7, 11) is 3.88. The second-order valence-corrected chi connectivity index (χ2v) is 14.7. The van der Waals surface area contributed by atoms with Crippen molar-refractivity contribution in [3.05, 3.63) is 168 Å². The van der Waals surface area contributed by atoms with Crippen molar-refractivity contribution in [1.29, 1.82) is 0 Å². The Bertz CT molecular complexity index is 1980. The van der Waals surface area contributed by atoms with E-state index in [1.54, 1.807) is 121 Å². The molecule has 0 spiro atoms. The molecule has 0 saturated carbocycles. The zero-order chi connectivity index (χ0) is 37.2. The van der Waals surface area contributed by atoms with Gasteiger partial charge in [0, 0.05) is 0 Å². The second-order valence-electron chi connectivity index (χ2n) is 12.2. The minimum absolute atomic E-state index is 0.228. The average molecular weight is 779 g/mol. The number of nitrogens with zero attached hydrogens (tertiary/aromatic N) is 1. The maximum absolute atomic E-state index is 13.8. The van der Waals surface area contributed by atoms with E-state index in [9.17, 15) is 19.2 Å². The van der Waals surface area contributed by atoms with E-state index >= 15 is 0 Å². The molecule has 270 valence electrons. The van der Waals surface area contributed by atoms with E-state index in [0.29, 0.717) is 5.56 Å². The molecule has 1 aliphatic heterocycles. The first-order chi connectivity index (χ1) is 25.8. The Morgan fingerprint density at radius 2 is 0.925 bits per heavy atom. The first-order valence-electron chi connectivity index (χ1n) is 16.9. The fraction of sp³-hybridized carbons (Fsp3) is 0.190. The number of carbonyl (C=O) groups is 4. The van der Waals surface area contributed by atoms with Crippen LogP contribution in [0.25, 0.3) is 0 Å². The number of rotatable bonds is 12. The van der Waals surface area contributed by atoms with Crippen LogP contribution < -0.4 is 9.36 Å². The van der Waals surface area contributed by atoms with Crippen molar-refractivity contribution in [2.24, 2.45) is 0 Å². The summed E-state index contributed by atoms with van der Waals surface area (Å²) in [5.41, 5.74) is 2.01. The molecule has 5 aromatic rings. The summed E-state index contributed by atoms with van der Waals surface area (Å²) in [6.45, 7) is -0.370. The van der Waals surface area contributed by atoms with Crippen LogP contribution >= 0.6 is 0 Å². The molecular formula is C42H37NO9Se. The van der Waals surface area contributed by atoms with Crippen LogP contribution in [0.1, 0.15) is 41.4 Å². The summed E-state index contributed by atoms with van der Waals surface area (Å²) < 4.78 is 31.8. The molecule has 6 rings (SSSR count). The summed E-state index contributed by atoms with van der Waals surface area (Å²) in [5, 5.41) is -0.888. The molecule has 11 heteroatoms. The van der Waals surface area contributed by atoms with Crippen LogP contribution in [-0.2, 0) is 23.7 Å². The molecule has 53 heavy (non-hydrogen) atoms. The van der Waals surface area contributed by atoms with Crippen LogP contribution in [0.3, 0.4) is 0 Å². The molecule has 0 radical (unpaired) electrons. The Labute approximate surface area is 313 Å². The van der Waals surface area contributed by atoms with Gasteiger partial charge < -0.3 is 0 Å². The molecule has 1 fully saturated rings. The zero-order valence-electron chi connectivity index (χ0n) is 29.0. The Balaban J connectivity index is 1.42. The number of anilines is 1. The van der Waals surface area contributed by atoms with Gasteiger partial charge in [0.2, 0.25) is 0 Å². The summed E-state index contributed by atoms with van der Waals surface area (Å²) >= 11 is -0.569. The standard InChI is InChI=1S/C42H37NO9Se/c1-43(2)32-23-25-33(26-24-32)53-42-37(52-41(47)31-21-13-6-14-22-31)36(51-40(46)30-19-11-5-12-20-30)35(50-39(45)29-17-9-4-10-18-29)34(49-42)27-48-38(44)28-15-7-3-8-16-28/h3-26,34-37,42H,27H2,1-2H3/t34-,35-,36+,37-,42+/m1/s1. The Hall–Kier alpha value is -5.74. The molecule has 1 aliphatic rings. The summed E-state index contributed by atoms with van der Waals surface area (Å²) in [4.78, 5) is 56.4. The van der Waals surface area contributed by atoms with Gasteiger partial charge in [0.1, 0.15) is 0 Å². The predicted molar refractivity (Wildman–Crippen MR) is 198 cm³/mol. The molecule has 0 bridgehead atoms. The van der Waals surface area contributed by atoms with Crippen molar-refractivity contribution < 1.29 is 42.9 Å². The first kappa shape index (κ1) is 37.0. The van der Waals surface area contributed by atoms with E-state index in [1.807, 2.05) is 43.3 Å². The Morgan fingerprint density at radius 3 is 1.36 bits per heavy atom.